The van der Waals surface area contributed by atoms with Crippen molar-refractivity contribution in [3.8, 4) is 17.1 Å². The summed E-state index contributed by atoms with van der Waals surface area (Å²) < 4.78 is 1.90. The second-order valence-electron chi connectivity index (χ2n) is 5.21. The van der Waals surface area contributed by atoms with Crippen LogP contribution in [-0.4, -0.2) is 19.9 Å². The van der Waals surface area contributed by atoms with Gasteiger partial charge in [0.05, 0.1) is 5.56 Å². The number of para-hydroxylation sites is 1. The lowest BCUT2D eigenvalue weighted by Gasteiger charge is -2.10. The average Bonchev–Trinajstić information content (AvgIpc) is 2.98. The Kier molecular flexibility index (Phi) is 5.68. The first-order valence-corrected chi connectivity index (χ1v) is 9.24. The van der Waals surface area contributed by atoms with Crippen LogP contribution in [0.15, 0.2) is 60.3 Å². The van der Waals surface area contributed by atoms with Gasteiger partial charge in [-0.25, -0.2) is 0 Å². The number of phenolic OH excluding ortho intramolecular Hbond substituents is 1. The maximum Gasteiger partial charge on any atom is 0.192 e. The molecule has 0 atom stereocenters. The molecule has 2 aromatic carbocycles. The van der Waals surface area contributed by atoms with Gasteiger partial charge in [-0.15, -0.1) is 16.8 Å². The first kappa shape index (κ1) is 17.9. The fourth-order valence-electron chi connectivity index (χ4n) is 2.36. The van der Waals surface area contributed by atoms with Gasteiger partial charge >= 0.3 is 0 Å². The van der Waals surface area contributed by atoms with Crippen molar-refractivity contribution in [2.24, 2.45) is 0 Å². The van der Waals surface area contributed by atoms with Gasteiger partial charge in [-0.2, -0.15) is 0 Å². The Bertz CT molecular complexity index is 891. The van der Waals surface area contributed by atoms with Crippen LogP contribution < -0.4 is 0 Å². The summed E-state index contributed by atoms with van der Waals surface area (Å²) in [6, 6.07) is 12.5. The van der Waals surface area contributed by atoms with Gasteiger partial charge < -0.3 is 5.11 Å². The van der Waals surface area contributed by atoms with Crippen LogP contribution in [0.1, 0.15) is 5.56 Å². The molecule has 0 saturated carbocycles. The Morgan fingerprint density at radius 2 is 1.80 bits per heavy atom. The van der Waals surface area contributed by atoms with Crippen molar-refractivity contribution in [3.05, 3.63) is 70.7 Å². The number of aromatic hydroxyl groups is 1. The van der Waals surface area contributed by atoms with Crippen molar-refractivity contribution >= 4 is 35.0 Å². The van der Waals surface area contributed by atoms with Gasteiger partial charge in [0.1, 0.15) is 5.75 Å². The number of allylic oxidation sites excluding steroid dienone is 1. The highest BCUT2D eigenvalue weighted by atomic mass is 35.5. The third kappa shape index (κ3) is 3.84. The van der Waals surface area contributed by atoms with Gasteiger partial charge in [-0.1, -0.05) is 59.2 Å². The molecule has 0 spiro atoms. The average molecular weight is 392 g/mol. The quantitative estimate of drug-likeness (QED) is 0.449. The minimum absolute atomic E-state index is 0.158. The maximum atomic E-state index is 10.1. The van der Waals surface area contributed by atoms with Crippen molar-refractivity contribution in [2.75, 3.05) is 0 Å². The van der Waals surface area contributed by atoms with E-state index in [0.717, 1.165) is 5.56 Å². The van der Waals surface area contributed by atoms with Crippen LogP contribution in [0.2, 0.25) is 10.0 Å². The highest BCUT2D eigenvalue weighted by Crippen LogP contribution is 2.34. The summed E-state index contributed by atoms with van der Waals surface area (Å²) in [6.07, 6.45) is 1.76. The second kappa shape index (κ2) is 7.95. The molecule has 0 aliphatic carbocycles. The van der Waals surface area contributed by atoms with Gasteiger partial charge in [0.15, 0.2) is 11.0 Å². The molecule has 1 N–H and O–H groups in total. The molecule has 25 heavy (non-hydrogen) atoms. The van der Waals surface area contributed by atoms with Gasteiger partial charge in [-0.3, -0.25) is 4.57 Å². The fourth-order valence-corrected chi connectivity index (χ4v) is 4.05. The molecule has 0 aliphatic heterocycles. The summed E-state index contributed by atoms with van der Waals surface area (Å²) in [5.41, 5.74) is 1.48. The number of benzene rings is 2. The Morgan fingerprint density at radius 3 is 2.48 bits per heavy atom. The van der Waals surface area contributed by atoms with Crippen molar-refractivity contribution < 1.29 is 5.11 Å². The molecule has 0 amide bonds. The lowest BCUT2D eigenvalue weighted by molar-refractivity contribution is 0.476. The van der Waals surface area contributed by atoms with Crippen LogP contribution in [0.3, 0.4) is 0 Å². The number of nitrogens with zero attached hydrogens (tertiary/aromatic N) is 3. The van der Waals surface area contributed by atoms with Gasteiger partial charge in [0, 0.05) is 22.3 Å². The molecule has 1 heterocycles. The molecule has 3 aromatic rings. The standard InChI is InChI=1S/C18H15Cl2N3OS/c1-2-10-23-17(12-6-3-4-9-16(12)24)21-22-18(23)25-11-13-14(19)7-5-8-15(13)20/h2-9,24H,1,10-11H2. The zero-order chi connectivity index (χ0) is 17.8. The molecular weight excluding hydrogens is 377 g/mol. The lowest BCUT2D eigenvalue weighted by atomic mass is 10.2. The van der Waals surface area contributed by atoms with E-state index in [1.807, 2.05) is 28.8 Å². The van der Waals surface area contributed by atoms with E-state index in [2.05, 4.69) is 16.8 Å². The number of aromatic nitrogens is 3. The van der Waals surface area contributed by atoms with E-state index in [-0.39, 0.29) is 5.75 Å². The van der Waals surface area contributed by atoms with E-state index >= 15 is 0 Å². The van der Waals surface area contributed by atoms with Crippen LogP contribution in [-0.2, 0) is 12.3 Å². The minimum Gasteiger partial charge on any atom is -0.507 e. The highest BCUT2D eigenvalue weighted by molar-refractivity contribution is 7.98. The van der Waals surface area contributed by atoms with Crippen LogP contribution in [0, 0.1) is 0 Å². The van der Waals surface area contributed by atoms with Crippen molar-refractivity contribution in [3.63, 3.8) is 0 Å². The Labute approximate surface area is 160 Å². The fraction of sp³-hybridized carbons (Fsp3) is 0.111. The van der Waals surface area contributed by atoms with E-state index in [1.54, 1.807) is 24.3 Å². The van der Waals surface area contributed by atoms with Crippen LogP contribution in [0.25, 0.3) is 11.4 Å². The first-order chi connectivity index (χ1) is 12.1. The highest BCUT2D eigenvalue weighted by Gasteiger charge is 2.17. The van der Waals surface area contributed by atoms with Crippen molar-refractivity contribution in [1.29, 1.82) is 0 Å². The van der Waals surface area contributed by atoms with Gasteiger partial charge in [0.25, 0.3) is 0 Å². The van der Waals surface area contributed by atoms with Gasteiger partial charge in [-0.05, 0) is 29.8 Å². The maximum absolute atomic E-state index is 10.1. The van der Waals surface area contributed by atoms with Crippen molar-refractivity contribution in [2.45, 2.75) is 17.5 Å². The SMILES string of the molecule is C=CCn1c(SCc2c(Cl)cccc2Cl)nnc1-c1ccccc1O. The third-order valence-corrected chi connectivity index (χ3v) is 5.28. The number of rotatable bonds is 6. The molecule has 7 heteroatoms. The topological polar surface area (TPSA) is 50.9 Å². The van der Waals surface area contributed by atoms with Crippen LogP contribution >= 0.6 is 35.0 Å². The summed E-state index contributed by atoms with van der Waals surface area (Å²) in [4.78, 5) is 0. The number of hydrogen-bond donors (Lipinski definition) is 1. The smallest absolute Gasteiger partial charge is 0.192 e. The molecule has 1 aromatic heterocycles. The van der Waals surface area contributed by atoms with Gasteiger partial charge in [0.2, 0.25) is 0 Å². The minimum atomic E-state index is 0.158. The Morgan fingerprint density at radius 1 is 1.08 bits per heavy atom. The summed E-state index contributed by atoms with van der Waals surface area (Å²) in [5, 5.41) is 20.5. The molecule has 0 radical (unpaired) electrons. The van der Waals surface area contributed by atoms with E-state index < -0.39 is 0 Å². The van der Waals surface area contributed by atoms with Crippen molar-refractivity contribution in [1.82, 2.24) is 14.8 Å². The summed E-state index contributed by atoms with van der Waals surface area (Å²) in [5.74, 6) is 1.31. The number of halogens is 2. The first-order valence-electron chi connectivity index (χ1n) is 7.50. The Balaban J connectivity index is 1.92. The predicted molar refractivity (Wildman–Crippen MR) is 103 cm³/mol. The largest absolute Gasteiger partial charge is 0.507 e. The molecule has 0 unspecified atom stereocenters. The molecule has 3 rings (SSSR count). The van der Waals surface area contributed by atoms with Crippen LogP contribution in [0.5, 0.6) is 5.75 Å². The van der Waals surface area contributed by atoms with E-state index in [9.17, 15) is 5.11 Å². The number of thioether (sulfide) groups is 1. The second-order valence-corrected chi connectivity index (χ2v) is 6.97. The van der Waals surface area contributed by atoms with E-state index in [0.29, 0.717) is 38.9 Å². The molecule has 0 saturated heterocycles. The predicted octanol–water partition coefficient (Wildman–Crippen LogP) is 5.44. The number of phenols is 1. The Hall–Kier alpha value is -1.95. The van der Waals surface area contributed by atoms with E-state index in [1.165, 1.54) is 11.8 Å². The normalized spacial score (nSPS) is 10.8. The molecule has 0 fully saturated rings. The zero-order valence-electron chi connectivity index (χ0n) is 13.2. The zero-order valence-corrected chi connectivity index (χ0v) is 15.5. The molecule has 4 nitrogen and oxygen atoms in total. The monoisotopic (exact) mass is 391 g/mol. The van der Waals surface area contributed by atoms with Crippen LogP contribution in [0.4, 0.5) is 0 Å². The van der Waals surface area contributed by atoms with E-state index in [4.69, 9.17) is 23.2 Å². The third-order valence-electron chi connectivity index (χ3n) is 3.58. The lowest BCUT2D eigenvalue weighted by Crippen LogP contribution is -2.01. The number of hydrogen-bond acceptors (Lipinski definition) is 4. The summed E-state index contributed by atoms with van der Waals surface area (Å²) >= 11 is 13.9. The molecule has 128 valence electrons. The summed E-state index contributed by atoms with van der Waals surface area (Å²) in [7, 11) is 0. The summed E-state index contributed by atoms with van der Waals surface area (Å²) in [6.45, 7) is 4.31. The molecular formula is C18H15Cl2N3OS. The molecule has 0 bridgehead atoms. The molecule has 0 aliphatic rings.